The van der Waals surface area contributed by atoms with Crippen LogP contribution in [-0.2, 0) is 11.3 Å². The molecule has 150 valence electrons. The first-order valence-corrected chi connectivity index (χ1v) is 10.0. The summed E-state index contributed by atoms with van der Waals surface area (Å²) in [6.07, 6.45) is 0. The number of amides is 1. The van der Waals surface area contributed by atoms with E-state index >= 15 is 0 Å². The second-order valence-electron chi connectivity index (χ2n) is 6.62. The Balaban J connectivity index is 1.61. The first-order valence-electron chi connectivity index (χ1n) is 9.22. The first-order chi connectivity index (χ1) is 14.1. The van der Waals surface area contributed by atoms with Gasteiger partial charge in [0.25, 0.3) is 5.91 Å². The van der Waals surface area contributed by atoms with E-state index in [-0.39, 0.29) is 5.56 Å². The number of hydrogen-bond acceptors (Lipinski definition) is 5. The van der Waals surface area contributed by atoms with Crippen LogP contribution in [0.4, 0.5) is 13.9 Å². The second kappa shape index (κ2) is 8.77. The number of anilines is 1. The summed E-state index contributed by atoms with van der Waals surface area (Å²) >= 11 is 1.34. The molecule has 1 fully saturated rings. The lowest BCUT2D eigenvalue weighted by Crippen LogP contribution is -2.35. The third kappa shape index (κ3) is 4.67. The van der Waals surface area contributed by atoms with Gasteiger partial charge in [-0.3, -0.25) is 15.0 Å². The van der Waals surface area contributed by atoms with Crippen molar-refractivity contribution in [3.8, 4) is 11.3 Å². The largest absolute Gasteiger partial charge is 0.379 e. The Hall–Kier alpha value is -2.68. The summed E-state index contributed by atoms with van der Waals surface area (Å²) in [4.78, 5) is 20.3. The predicted molar refractivity (Wildman–Crippen MR) is 108 cm³/mol. The lowest BCUT2D eigenvalue weighted by molar-refractivity contribution is 0.0347. The van der Waals surface area contributed by atoms with Crippen LogP contribution in [0.5, 0.6) is 0 Å². The molecule has 0 radical (unpaired) electrons. The maximum Gasteiger partial charge on any atom is 0.260 e. The van der Waals surface area contributed by atoms with Crippen molar-refractivity contribution in [2.24, 2.45) is 0 Å². The highest BCUT2D eigenvalue weighted by Crippen LogP contribution is 2.32. The minimum atomic E-state index is -0.780. The van der Waals surface area contributed by atoms with Gasteiger partial charge in [-0.25, -0.2) is 13.8 Å². The Bertz CT molecular complexity index is 1000. The second-order valence-corrected chi connectivity index (χ2v) is 7.71. The molecule has 0 saturated carbocycles. The van der Waals surface area contributed by atoms with Gasteiger partial charge in [0.15, 0.2) is 5.13 Å². The van der Waals surface area contributed by atoms with Gasteiger partial charge in [0.1, 0.15) is 11.6 Å². The Morgan fingerprint density at radius 2 is 1.90 bits per heavy atom. The van der Waals surface area contributed by atoms with Crippen LogP contribution in [0.3, 0.4) is 0 Å². The molecule has 0 atom stereocenters. The SMILES string of the molecule is O=C(Nc1nc(-c2ccccc2)c(CN2CCOCC2)s1)c1cc(F)ccc1F. The zero-order valence-corrected chi connectivity index (χ0v) is 16.3. The van der Waals surface area contributed by atoms with Crippen molar-refractivity contribution in [1.82, 2.24) is 9.88 Å². The van der Waals surface area contributed by atoms with Crippen molar-refractivity contribution in [3.63, 3.8) is 0 Å². The molecule has 4 rings (SSSR count). The summed E-state index contributed by atoms with van der Waals surface area (Å²) in [5.74, 6) is -2.18. The summed E-state index contributed by atoms with van der Waals surface area (Å²) in [6.45, 7) is 3.68. The number of benzene rings is 2. The quantitative estimate of drug-likeness (QED) is 0.680. The van der Waals surface area contributed by atoms with E-state index in [0.29, 0.717) is 24.9 Å². The summed E-state index contributed by atoms with van der Waals surface area (Å²) in [6, 6.07) is 12.5. The Labute approximate surface area is 171 Å². The molecular formula is C21H19F2N3O2S. The lowest BCUT2D eigenvalue weighted by Gasteiger charge is -2.26. The number of morpholine rings is 1. The molecule has 1 saturated heterocycles. The monoisotopic (exact) mass is 415 g/mol. The highest BCUT2D eigenvalue weighted by atomic mass is 32.1. The summed E-state index contributed by atoms with van der Waals surface area (Å²) in [7, 11) is 0. The fourth-order valence-electron chi connectivity index (χ4n) is 3.13. The summed E-state index contributed by atoms with van der Waals surface area (Å²) in [5.41, 5.74) is 1.36. The molecule has 29 heavy (non-hydrogen) atoms. The van der Waals surface area contributed by atoms with E-state index in [0.717, 1.165) is 47.4 Å². The van der Waals surface area contributed by atoms with Crippen LogP contribution in [0.1, 0.15) is 15.2 Å². The molecule has 0 bridgehead atoms. The fraction of sp³-hybridized carbons (Fsp3) is 0.238. The minimum absolute atomic E-state index is 0.348. The third-order valence-electron chi connectivity index (χ3n) is 4.61. The van der Waals surface area contributed by atoms with Crippen LogP contribution in [0.15, 0.2) is 48.5 Å². The third-order valence-corrected chi connectivity index (χ3v) is 5.56. The van der Waals surface area contributed by atoms with Gasteiger partial charge in [0.2, 0.25) is 0 Å². The maximum atomic E-state index is 13.9. The van der Waals surface area contributed by atoms with Gasteiger partial charge in [0.05, 0.1) is 24.5 Å². The molecular weight excluding hydrogens is 396 g/mol. The van der Waals surface area contributed by atoms with E-state index in [1.807, 2.05) is 30.3 Å². The van der Waals surface area contributed by atoms with E-state index < -0.39 is 17.5 Å². The van der Waals surface area contributed by atoms with E-state index in [1.54, 1.807) is 0 Å². The van der Waals surface area contributed by atoms with Gasteiger partial charge in [-0.05, 0) is 18.2 Å². The molecule has 0 unspecified atom stereocenters. The van der Waals surface area contributed by atoms with E-state index in [4.69, 9.17) is 4.74 Å². The summed E-state index contributed by atoms with van der Waals surface area (Å²) < 4.78 is 32.7. The topological polar surface area (TPSA) is 54.5 Å². The van der Waals surface area contributed by atoms with Gasteiger partial charge >= 0.3 is 0 Å². The van der Waals surface area contributed by atoms with E-state index in [1.165, 1.54) is 11.3 Å². The highest BCUT2D eigenvalue weighted by molar-refractivity contribution is 7.16. The zero-order valence-electron chi connectivity index (χ0n) is 15.5. The number of hydrogen-bond donors (Lipinski definition) is 1. The van der Waals surface area contributed by atoms with Crippen molar-refractivity contribution in [3.05, 3.63) is 70.6 Å². The number of thiazole rings is 1. The molecule has 1 N–H and O–H groups in total. The molecule has 2 heterocycles. The molecule has 5 nitrogen and oxygen atoms in total. The average molecular weight is 415 g/mol. The highest BCUT2D eigenvalue weighted by Gasteiger charge is 2.20. The molecule has 1 aromatic heterocycles. The van der Waals surface area contributed by atoms with Crippen molar-refractivity contribution < 1.29 is 18.3 Å². The molecule has 8 heteroatoms. The molecule has 0 spiro atoms. The predicted octanol–water partition coefficient (Wildman–Crippen LogP) is 4.17. The van der Waals surface area contributed by atoms with Crippen molar-refractivity contribution in [2.75, 3.05) is 31.6 Å². The Morgan fingerprint density at radius 1 is 1.14 bits per heavy atom. The molecule has 1 amide bonds. The number of rotatable bonds is 5. The average Bonchev–Trinajstić information content (AvgIpc) is 3.13. The smallest absolute Gasteiger partial charge is 0.260 e. The normalized spacial score (nSPS) is 14.7. The van der Waals surface area contributed by atoms with Gasteiger partial charge in [-0.1, -0.05) is 41.7 Å². The minimum Gasteiger partial charge on any atom is -0.379 e. The fourth-order valence-corrected chi connectivity index (χ4v) is 4.15. The molecule has 2 aromatic carbocycles. The molecule has 1 aliphatic heterocycles. The Kier molecular flexibility index (Phi) is 5.94. The van der Waals surface area contributed by atoms with Crippen LogP contribution < -0.4 is 5.32 Å². The van der Waals surface area contributed by atoms with Crippen LogP contribution in [0.2, 0.25) is 0 Å². The summed E-state index contributed by atoms with van der Waals surface area (Å²) in [5, 5.41) is 2.96. The molecule has 0 aliphatic carbocycles. The maximum absolute atomic E-state index is 13.9. The van der Waals surface area contributed by atoms with Crippen molar-refractivity contribution >= 4 is 22.4 Å². The first kappa shape index (κ1) is 19.6. The van der Waals surface area contributed by atoms with Gasteiger partial charge < -0.3 is 4.74 Å². The van der Waals surface area contributed by atoms with Crippen molar-refractivity contribution in [2.45, 2.75) is 6.54 Å². The number of ether oxygens (including phenoxy) is 1. The van der Waals surface area contributed by atoms with E-state index in [9.17, 15) is 13.6 Å². The number of halogens is 2. The molecule has 1 aliphatic rings. The zero-order chi connectivity index (χ0) is 20.2. The number of carbonyl (C=O) groups is 1. The van der Waals surface area contributed by atoms with Crippen LogP contribution in [0.25, 0.3) is 11.3 Å². The van der Waals surface area contributed by atoms with E-state index in [2.05, 4.69) is 15.2 Å². The molecule has 3 aromatic rings. The van der Waals surface area contributed by atoms with Crippen LogP contribution in [0, 0.1) is 11.6 Å². The number of nitrogens with zero attached hydrogens (tertiary/aromatic N) is 2. The van der Waals surface area contributed by atoms with Gasteiger partial charge in [-0.2, -0.15) is 0 Å². The lowest BCUT2D eigenvalue weighted by atomic mass is 10.1. The van der Waals surface area contributed by atoms with Gasteiger partial charge in [0, 0.05) is 30.1 Å². The van der Waals surface area contributed by atoms with Crippen LogP contribution in [-0.4, -0.2) is 42.1 Å². The van der Waals surface area contributed by atoms with Crippen molar-refractivity contribution in [1.29, 1.82) is 0 Å². The number of carbonyl (C=O) groups excluding carboxylic acids is 1. The number of aromatic nitrogens is 1. The number of nitrogens with one attached hydrogen (secondary N) is 1. The van der Waals surface area contributed by atoms with Crippen LogP contribution >= 0.6 is 11.3 Å². The van der Waals surface area contributed by atoms with Gasteiger partial charge in [-0.15, -0.1) is 0 Å². The standard InChI is InChI=1S/C21H19F2N3O2S/c22-15-6-7-17(23)16(12-15)20(27)25-21-24-19(14-4-2-1-3-5-14)18(29-21)13-26-8-10-28-11-9-26/h1-7,12H,8-11,13H2,(H,24,25,27). The Morgan fingerprint density at radius 3 is 2.66 bits per heavy atom.